The average Bonchev–Trinajstić information content (AvgIpc) is 2.28. The van der Waals surface area contributed by atoms with E-state index in [2.05, 4.69) is 10.1 Å². The Hall–Kier alpha value is -1.27. The predicted molar refractivity (Wildman–Crippen MR) is 56.4 cm³/mol. The van der Waals surface area contributed by atoms with Crippen LogP contribution in [0.3, 0.4) is 0 Å². The molecule has 2 N–H and O–H groups in total. The highest BCUT2D eigenvalue weighted by Crippen LogP contribution is 2.20. The predicted octanol–water partition coefficient (Wildman–Crippen LogP) is 1.90. The molecule has 0 amide bonds. The third-order valence-corrected chi connectivity index (χ3v) is 2.14. The fourth-order valence-electron chi connectivity index (χ4n) is 1.20. The highest BCUT2D eigenvalue weighted by molar-refractivity contribution is 5.29. The Labute approximate surface area is 97.2 Å². The molecule has 0 radical (unpaired) electrons. The van der Waals surface area contributed by atoms with Gasteiger partial charge in [-0.15, -0.1) is 0 Å². The molecule has 1 rings (SSSR count). The second kappa shape index (κ2) is 6.46. The minimum absolute atomic E-state index is 0.0327. The number of nitrogens with one attached hydrogen (secondary N) is 1. The maximum absolute atomic E-state index is 13.3. The quantitative estimate of drug-likeness (QED) is 0.809. The summed E-state index contributed by atoms with van der Waals surface area (Å²) < 4.78 is 41.0. The van der Waals surface area contributed by atoms with E-state index < -0.39 is 18.2 Å². The molecule has 0 bridgehead atoms. The smallest absolute Gasteiger partial charge is 0.387 e. The van der Waals surface area contributed by atoms with E-state index in [1.165, 1.54) is 6.07 Å². The van der Waals surface area contributed by atoms with Crippen molar-refractivity contribution in [3.8, 4) is 5.75 Å². The number of hydrogen-bond donors (Lipinski definition) is 2. The van der Waals surface area contributed by atoms with Crippen molar-refractivity contribution in [2.24, 2.45) is 0 Å². The first-order chi connectivity index (χ1) is 8.02. The molecule has 0 aliphatic heterocycles. The lowest BCUT2D eigenvalue weighted by molar-refractivity contribution is -0.0522. The Morgan fingerprint density at radius 3 is 2.65 bits per heavy atom. The van der Waals surface area contributed by atoms with Crippen LogP contribution < -0.4 is 10.1 Å². The number of hydrogen-bond acceptors (Lipinski definition) is 3. The zero-order valence-corrected chi connectivity index (χ0v) is 9.29. The number of halogens is 3. The van der Waals surface area contributed by atoms with Crippen molar-refractivity contribution in [2.45, 2.75) is 26.1 Å². The molecule has 0 aliphatic carbocycles. The molecule has 1 aromatic carbocycles. The van der Waals surface area contributed by atoms with Crippen molar-refractivity contribution in [3.63, 3.8) is 0 Å². The molecule has 1 aromatic rings. The SMILES string of the molecule is C[C@H](CO)NCc1ccc(OC(F)F)c(F)c1. The van der Waals surface area contributed by atoms with Crippen molar-refractivity contribution in [2.75, 3.05) is 6.61 Å². The van der Waals surface area contributed by atoms with E-state index in [4.69, 9.17) is 5.11 Å². The van der Waals surface area contributed by atoms with Crippen molar-refractivity contribution >= 4 is 0 Å². The van der Waals surface area contributed by atoms with Crippen LogP contribution in [0.5, 0.6) is 5.75 Å². The summed E-state index contributed by atoms with van der Waals surface area (Å²) in [5.74, 6) is -1.31. The fraction of sp³-hybridized carbons (Fsp3) is 0.455. The van der Waals surface area contributed by atoms with Crippen molar-refractivity contribution < 1.29 is 23.0 Å². The molecular formula is C11H14F3NO2. The van der Waals surface area contributed by atoms with E-state index in [9.17, 15) is 13.2 Å². The van der Waals surface area contributed by atoms with Crippen LogP contribution in [0, 0.1) is 5.82 Å². The summed E-state index contributed by atoms with van der Waals surface area (Å²) in [4.78, 5) is 0. The largest absolute Gasteiger partial charge is 0.432 e. The third kappa shape index (κ3) is 4.62. The van der Waals surface area contributed by atoms with Gasteiger partial charge in [-0.3, -0.25) is 0 Å². The summed E-state index contributed by atoms with van der Waals surface area (Å²) in [6.07, 6.45) is 0. The first-order valence-corrected chi connectivity index (χ1v) is 5.10. The van der Waals surface area contributed by atoms with Crippen LogP contribution in [0.1, 0.15) is 12.5 Å². The van der Waals surface area contributed by atoms with Gasteiger partial charge in [0.25, 0.3) is 0 Å². The lowest BCUT2D eigenvalue weighted by atomic mass is 10.2. The van der Waals surface area contributed by atoms with Crippen LogP contribution >= 0.6 is 0 Å². The minimum atomic E-state index is -3.04. The topological polar surface area (TPSA) is 41.5 Å². The van der Waals surface area contributed by atoms with Crippen LogP contribution in [0.2, 0.25) is 0 Å². The van der Waals surface area contributed by atoms with E-state index in [0.717, 1.165) is 12.1 Å². The Bertz CT molecular complexity index is 361. The van der Waals surface area contributed by atoms with Gasteiger partial charge in [0.2, 0.25) is 0 Å². The first kappa shape index (κ1) is 13.8. The number of ether oxygens (including phenoxy) is 1. The summed E-state index contributed by atoms with van der Waals surface area (Å²) in [6, 6.07) is 3.64. The third-order valence-electron chi connectivity index (χ3n) is 2.14. The highest BCUT2D eigenvalue weighted by Gasteiger charge is 2.10. The summed E-state index contributed by atoms with van der Waals surface area (Å²) in [7, 11) is 0. The Balaban J connectivity index is 2.62. The normalized spacial score (nSPS) is 12.8. The molecule has 0 saturated carbocycles. The van der Waals surface area contributed by atoms with Crippen LogP contribution in [-0.2, 0) is 6.54 Å². The number of aliphatic hydroxyl groups excluding tert-OH is 1. The zero-order chi connectivity index (χ0) is 12.8. The second-order valence-corrected chi connectivity index (χ2v) is 3.61. The van der Waals surface area contributed by atoms with Gasteiger partial charge in [0, 0.05) is 12.6 Å². The van der Waals surface area contributed by atoms with Gasteiger partial charge in [-0.2, -0.15) is 8.78 Å². The van der Waals surface area contributed by atoms with E-state index in [-0.39, 0.29) is 12.6 Å². The van der Waals surface area contributed by atoms with Gasteiger partial charge in [-0.1, -0.05) is 6.07 Å². The van der Waals surface area contributed by atoms with Crippen molar-refractivity contribution in [3.05, 3.63) is 29.6 Å². The van der Waals surface area contributed by atoms with E-state index >= 15 is 0 Å². The Morgan fingerprint density at radius 1 is 1.41 bits per heavy atom. The lowest BCUT2D eigenvalue weighted by Crippen LogP contribution is -2.28. The molecule has 0 unspecified atom stereocenters. The van der Waals surface area contributed by atoms with Gasteiger partial charge in [0.05, 0.1) is 6.61 Å². The second-order valence-electron chi connectivity index (χ2n) is 3.61. The first-order valence-electron chi connectivity index (χ1n) is 5.10. The van der Waals surface area contributed by atoms with Crippen LogP contribution in [0.4, 0.5) is 13.2 Å². The zero-order valence-electron chi connectivity index (χ0n) is 9.29. The van der Waals surface area contributed by atoms with Crippen LogP contribution in [0.25, 0.3) is 0 Å². The molecule has 6 heteroatoms. The maximum atomic E-state index is 13.3. The van der Waals surface area contributed by atoms with Crippen LogP contribution in [-0.4, -0.2) is 24.4 Å². The van der Waals surface area contributed by atoms with Gasteiger partial charge >= 0.3 is 6.61 Å². The lowest BCUT2D eigenvalue weighted by Gasteiger charge is -2.11. The van der Waals surface area contributed by atoms with Gasteiger partial charge in [-0.05, 0) is 24.6 Å². The summed E-state index contributed by atoms with van der Waals surface area (Å²) in [5.41, 5.74) is 0.587. The number of aliphatic hydroxyl groups is 1. The van der Waals surface area contributed by atoms with E-state index in [1.54, 1.807) is 6.92 Å². The Kier molecular flexibility index (Phi) is 5.24. The van der Waals surface area contributed by atoms with E-state index in [1.807, 2.05) is 0 Å². The molecule has 0 heterocycles. The van der Waals surface area contributed by atoms with E-state index in [0.29, 0.717) is 12.1 Å². The van der Waals surface area contributed by atoms with Gasteiger partial charge in [-0.25, -0.2) is 4.39 Å². The summed E-state index contributed by atoms with van der Waals surface area (Å²) >= 11 is 0. The number of rotatable bonds is 6. The molecule has 1 atom stereocenters. The number of benzene rings is 1. The van der Waals surface area contributed by atoms with Crippen molar-refractivity contribution in [1.82, 2.24) is 5.32 Å². The van der Waals surface area contributed by atoms with Crippen molar-refractivity contribution in [1.29, 1.82) is 0 Å². The molecule has 3 nitrogen and oxygen atoms in total. The van der Waals surface area contributed by atoms with Gasteiger partial charge in [0.1, 0.15) is 0 Å². The average molecular weight is 249 g/mol. The minimum Gasteiger partial charge on any atom is -0.432 e. The summed E-state index contributed by atoms with van der Waals surface area (Å²) in [6.45, 7) is -0.962. The summed E-state index contributed by atoms with van der Waals surface area (Å²) in [5, 5.41) is 11.7. The molecular weight excluding hydrogens is 235 g/mol. The molecule has 0 saturated heterocycles. The standard InChI is InChI=1S/C11H14F3NO2/c1-7(6-16)15-5-8-2-3-10(9(12)4-8)17-11(13)14/h2-4,7,11,15-16H,5-6H2,1H3/t7-/m1/s1. The molecule has 96 valence electrons. The maximum Gasteiger partial charge on any atom is 0.387 e. The highest BCUT2D eigenvalue weighted by atomic mass is 19.3. The molecule has 0 aliphatic rings. The van der Waals surface area contributed by atoms with Crippen LogP contribution in [0.15, 0.2) is 18.2 Å². The Morgan fingerprint density at radius 2 is 2.12 bits per heavy atom. The van der Waals surface area contributed by atoms with Gasteiger partial charge < -0.3 is 15.2 Å². The molecule has 17 heavy (non-hydrogen) atoms. The monoisotopic (exact) mass is 249 g/mol. The molecule has 0 aromatic heterocycles. The number of alkyl halides is 2. The van der Waals surface area contributed by atoms with Gasteiger partial charge in [0.15, 0.2) is 11.6 Å². The molecule has 0 fully saturated rings. The fourth-order valence-corrected chi connectivity index (χ4v) is 1.20. The molecule has 0 spiro atoms.